The van der Waals surface area contributed by atoms with Crippen LogP contribution >= 0.6 is 0 Å². The molecule has 1 atom stereocenters. The van der Waals surface area contributed by atoms with Gasteiger partial charge in [-0.25, -0.2) is 12.8 Å². The van der Waals surface area contributed by atoms with E-state index in [0.717, 1.165) is 41.1 Å². The summed E-state index contributed by atoms with van der Waals surface area (Å²) in [7, 11) is -4.19. The van der Waals surface area contributed by atoms with Crippen LogP contribution in [0.3, 0.4) is 0 Å². The number of para-hydroxylation sites is 1. The van der Waals surface area contributed by atoms with E-state index < -0.39 is 34.3 Å². The molecule has 1 aliphatic rings. The smallest absolute Gasteiger partial charge is 0.264 e. The maximum absolute atomic E-state index is 14.6. The van der Waals surface area contributed by atoms with Gasteiger partial charge in [0.05, 0.1) is 10.6 Å². The molecule has 0 unspecified atom stereocenters. The predicted octanol–water partition coefficient (Wildman–Crippen LogP) is 6.34. The van der Waals surface area contributed by atoms with Gasteiger partial charge in [-0.15, -0.1) is 0 Å². The van der Waals surface area contributed by atoms with Gasteiger partial charge in [0.2, 0.25) is 11.8 Å². The van der Waals surface area contributed by atoms with Gasteiger partial charge in [-0.1, -0.05) is 91.2 Å². The second-order valence-electron chi connectivity index (χ2n) is 12.0. The van der Waals surface area contributed by atoms with Gasteiger partial charge in [-0.3, -0.25) is 13.9 Å². The topological polar surface area (TPSA) is 86.8 Å². The first kappa shape index (κ1) is 32.9. The first-order chi connectivity index (χ1) is 22.1. The summed E-state index contributed by atoms with van der Waals surface area (Å²) in [5.41, 5.74) is 3.42. The SMILES string of the molecule is Cc1ccc(S(=O)(=O)N(CC(=O)N(Cc2ccc(F)cc2)[C@@H](Cc2ccccc2)C(=O)NC2CCCC2)c2ccccc2C)cc1. The Bertz CT molecular complexity index is 1740. The number of aryl methyl sites for hydroxylation is 2. The lowest BCUT2D eigenvalue weighted by molar-refractivity contribution is -0.140. The minimum Gasteiger partial charge on any atom is -0.352 e. The number of amides is 2. The molecule has 0 radical (unpaired) electrons. The molecule has 7 nitrogen and oxygen atoms in total. The van der Waals surface area contributed by atoms with Crippen molar-refractivity contribution in [3.8, 4) is 0 Å². The summed E-state index contributed by atoms with van der Waals surface area (Å²) in [6, 6.07) is 27.8. The van der Waals surface area contributed by atoms with Crippen LogP contribution < -0.4 is 9.62 Å². The lowest BCUT2D eigenvalue weighted by Gasteiger charge is -2.34. The Labute approximate surface area is 271 Å². The number of anilines is 1. The van der Waals surface area contributed by atoms with Crippen molar-refractivity contribution in [1.82, 2.24) is 10.2 Å². The highest BCUT2D eigenvalue weighted by molar-refractivity contribution is 7.92. The van der Waals surface area contributed by atoms with Gasteiger partial charge in [0.1, 0.15) is 18.4 Å². The van der Waals surface area contributed by atoms with Crippen LogP contribution in [0.2, 0.25) is 0 Å². The van der Waals surface area contributed by atoms with E-state index in [1.807, 2.05) is 37.3 Å². The third kappa shape index (κ3) is 8.01. The number of rotatable bonds is 12. The van der Waals surface area contributed by atoms with Crippen molar-refractivity contribution in [2.45, 2.75) is 69.5 Å². The van der Waals surface area contributed by atoms with Crippen LogP contribution in [0, 0.1) is 19.7 Å². The van der Waals surface area contributed by atoms with E-state index in [1.54, 1.807) is 55.5 Å². The van der Waals surface area contributed by atoms with Crippen molar-refractivity contribution in [3.05, 3.63) is 131 Å². The monoisotopic (exact) mass is 641 g/mol. The molecule has 2 amide bonds. The zero-order chi connectivity index (χ0) is 32.7. The number of carbonyl (C=O) groups excluding carboxylic acids is 2. The highest BCUT2D eigenvalue weighted by Crippen LogP contribution is 2.28. The van der Waals surface area contributed by atoms with Crippen molar-refractivity contribution in [3.63, 3.8) is 0 Å². The highest BCUT2D eigenvalue weighted by Gasteiger charge is 2.36. The van der Waals surface area contributed by atoms with Crippen LogP contribution in [0.25, 0.3) is 0 Å². The summed E-state index contributed by atoms with van der Waals surface area (Å²) < 4.78 is 43.4. The highest BCUT2D eigenvalue weighted by atomic mass is 32.2. The molecule has 240 valence electrons. The summed E-state index contributed by atoms with van der Waals surface area (Å²) in [5, 5.41) is 3.16. The van der Waals surface area contributed by atoms with Crippen LogP contribution in [0.1, 0.15) is 47.9 Å². The molecule has 1 aliphatic carbocycles. The van der Waals surface area contributed by atoms with Gasteiger partial charge in [-0.2, -0.15) is 0 Å². The Hall–Kier alpha value is -4.50. The number of sulfonamides is 1. The first-order valence-corrected chi connectivity index (χ1v) is 17.1. The summed E-state index contributed by atoms with van der Waals surface area (Å²) in [6.07, 6.45) is 4.00. The van der Waals surface area contributed by atoms with Crippen LogP contribution in [0.15, 0.2) is 108 Å². The average Bonchev–Trinajstić information content (AvgIpc) is 3.56. The molecule has 1 N–H and O–H groups in total. The van der Waals surface area contributed by atoms with E-state index in [1.165, 1.54) is 29.2 Å². The minimum absolute atomic E-state index is 0.0129. The fourth-order valence-corrected chi connectivity index (χ4v) is 7.38. The largest absolute Gasteiger partial charge is 0.352 e. The molecule has 0 heterocycles. The molecule has 1 saturated carbocycles. The minimum atomic E-state index is -4.19. The second kappa shape index (κ2) is 14.7. The quantitative estimate of drug-likeness (QED) is 0.196. The van der Waals surface area contributed by atoms with E-state index in [9.17, 15) is 22.4 Å². The summed E-state index contributed by atoms with van der Waals surface area (Å²) in [5.74, 6) is -1.27. The molecular formula is C37H40FN3O4S. The normalized spacial score (nSPS) is 14.1. The van der Waals surface area contributed by atoms with E-state index in [4.69, 9.17) is 0 Å². The maximum atomic E-state index is 14.6. The van der Waals surface area contributed by atoms with Crippen molar-refractivity contribution < 1.29 is 22.4 Å². The van der Waals surface area contributed by atoms with Gasteiger partial charge in [0.25, 0.3) is 10.0 Å². The molecule has 1 fully saturated rings. The molecule has 0 aliphatic heterocycles. The van der Waals surface area contributed by atoms with Crippen LogP contribution in [-0.2, 0) is 32.6 Å². The van der Waals surface area contributed by atoms with E-state index in [0.29, 0.717) is 16.8 Å². The molecule has 9 heteroatoms. The predicted molar refractivity (Wildman–Crippen MR) is 178 cm³/mol. The number of hydrogen-bond donors (Lipinski definition) is 1. The van der Waals surface area contributed by atoms with Crippen molar-refractivity contribution in [1.29, 1.82) is 0 Å². The van der Waals surface area contributed by atoms with Crippen molar-refractivity contribution in [2.75, 3.05) is 10.8 Å². The van der Waals surface area contributed by atoms with Gasteiger partial charge in [-0.05, 0) is 73.7 Å². The first-order valence-electron chi connectivity index (χ1n) is 15.6. The summed E-state index contributed by atoms with van der Waals surface area (Å²) in [6.45, 7) is 3.11. The van der Waals surface area contributed by atoms with Crippen LogP contribution in [-0.4, -0.2) is 43.8 Å². The summed E-state index contributed by atoms with van der Waals surface area (Å²) in [4.78, 5) is 30.1. The lowest BCUT2D eigenvalue weighted by Crippen LogP contribution is -2.54. The number of nitrogens with one attached hydrogen (secondary N) is 1. The fourth-order valence-electron chi connectivity index (χ4n) is 5.90. The molecule has 46 heavy (non-hydrogen) atoms. The van der Waals surface area contributed by atoms with E-state index in [2.05, 4.69) is 5.32 Å². The summed E-state index contributed by atoms with van der Waals surface area (Å²) >= 11 is 0. The fraction of sp³-hybridized carbons (Fsp3) is 0.297. The van der Waals surface area contributed by atoms with E-state index >= 15 is 0 Å². The molecule has 5 rings (SSSR count). The third-order valence-electron chi connectivity index (χ3n) is 8.51. The van der Waals surface area contributed by atoms with Crippen molar-refractivity contribution >= 4 is 27.5 Å². The van der Waals surface area contributed by atoms with Crippen LogP contribution in [0.5, 0.6) is 0 Å². The standard InChI is InChI=1S/C37H40FN3O4S/c1-27-16-22-33(23-17-27)46(44,45)41(34-15-9-6-10-28(34)2)26-36(42)40(25-30-18-20-31(38)21-19-30)35(24-29-11-4-3-5-12-29)37(43)39-32-13-7-8-14-32/h3-6,9-12,15-23,32,35H,7-8,13-14,24-26H2,1-2H3,(H,39,43)/t35-/m0/s1. The third-order valence-corrected chi connectivity index (χ3v) is 10.3. The number of hydrogen-bond acceptors (Lipinski definition) is 4. The Balaban J connectivity index is 1.57. The Morgan fingerprint density at radius 2 is 1.46 bits per heavy atom. The number of halogens is 1. The van der Waals surface area contributed by atoms with E-state index in [-0.39, 0.29) is 29.8 Å². The Morgan fingerprint density at radius 1 is 0.826 bits per heavy atom. The zero-order valence-corrected chi connectivity index (χ0v) is 27.0. The molecular weight excluding hydrogens is 601 g/mol. The molecule has 0 spiro atoms. The van der Waals surface area contributed by atoms with Gasteiger partial charge in [0.15, 0.2) is 0 Å². The van der Waals surface area contributed by atoms with Gasteiger partial charge in [0, 0.05) is 19.0 Å². The Kier molecular flexibility index (Phi) is 10.5. The van der Waals surface area contributed by atoms with Gasteiger partial charge < -0.3 is 10.2 Å². The van der Waals surface area contributed by atoms with Crippen molar-refractivity contribution in [2.24, 2.45) is 0 Å². The zero-order valence-electron chi connectivity index (χ0n) is 26.2. The molecule has 0 bridgehead atoms. The second-order valence-corrected chi connectivity index (χ2v) is 13.8. The molecule has 4 aromatic rings. The number of nitrogens with zero attached hydrogens (tertiary/aromatic N) is 2. The maximum Gasteiger partial charge on any atom is 0.264 e. The number of carbonyl (C=O) groups is 2. The van der Waals surface area contributed by atoms with Gasteiger partial charge >= 0.3 is 0 Å². The van der Waals surface area contributed by atoms with Crippen LogP contribution in [0.4, 0.5) is 10.1 Å². The lowest BCUT2D eigenvalue weighted by atomic mass is 10.0. The average molecular weight is 642 g/mol. The molecule has 0 saturated heterocycles. The Morgan fingerprint density at radius 3 is 2.11 bits per heavy atom. The molecule has 0 aromatic heterocycles. The number of benzene rings is 4. The molecule has 4 aromatic carbocycles.